The summed E-state index contributed by atoms with van der Waals surface area (Å²) in [7, 11) is 0. The predicted molar refractivity (Wildman–Crippen MR) is 64.9 cm³/mol. The predicted octanol–water partition coefficient (Wildman–Crippen LogP) is 1.79. The first-order chi connectivity index (χ1) is 9.47. The van der Waals surface area contributed by atoms with E-state index in [1.54, 1.807) is 0 Å². The van der Waals surface area contributed by atoms with Crippen LogP contribution in [0.5, 0.6) is 5.75 Å². The second kappa shape index (κ2) is 5.43. The Kier molecular flexibility index (Phi) is 3.69. The van der Waals surface area contributed by atoms with Crippen LogP contribution in [0, 0.1) is 5.82 Å². The fourth-order valence-corrected chi connectivity index (χ4v) is 1.51. The summed E-state index contributed by atoms with van der Waals surface area (Å²) in [5.41, 5.74) is 4.74. The monoisotopic (exact) mass is 279 g/mol. The zero-order valence-electron chi connectivity index (χ0n) is 10.1. The lowest BCUT2D eigenvalue weighted by Crippen LogP contribution is -2.13. The molecule has 0 unspecified atom stereocenters. The van der Waals surface area contributed by atoms with Crippen molar-refractivity contribution in [3.05, 3.63) is 53.2 Å². The van der Waals surface area contributed by atoms with E-state index in [1.165, 1.54) is 18.2 Å². The molecule has 0 saturated carbocycles. The zero-order chi connectivity index (χ0) is 14.7. The number of carbonyl (C=O) groups excluding carboxylic acids is 1. The SMILES string of the molecule is NC(=O)c1ccc(OCc2cc(C(=O)O)co2)cc1F. The first-order valence-corrected chi connectivity index (χ1v) is 5.50. The summed E-state index contributed by atoms with van der Waals surface area (Å²) in [6.07, 6.45) is 1.08. The standard InChI is InChI=1S/C13H10FNO5/c14-11-4-8(1-2-10(11)12(15)16)20-6-9-3-7(5-19-9)13(17)18/h1-5H,6H2,(H2,15,16)(H,17,18). The van der Waals surface area contributed by atoms with Gasteiger partial charge in [-0.1, -0.05) is 0 Å². The van der Waals surface area contributed by atoms with Gasteiger partial charge in [0.15, 0.2) is 0 Å². The average molecular weight is 279 g/mol. The highest BCUT2D eigenvalue weighted by molar-refractivity contribution is 5.93. The van der Waals surface area contributed by atoms with E-state index in [9.17, 15) is 14.0 Å². The number of carboxylic acids is 1. The molecule has 1 aromatic heterocycles. The molecular formula is C13H10FNO5. The van der Waals surface area contributed by atoms with Gasteiger partial charge in [0.2, 0.25) is 0 Å². The minimum Gasteiger partial charge on any atom is -0.486 e. The van der Waals surface area contributed by atoms with E-state index in [-0.39, 0.29) is 29.2 Å². The number of ether oxygens (including phenoxy) is 1. The van der Waals surface area contributed by atoms with Gasteiger partial charge >= 0.3 is 5.97 Å². The van der Waals surface area contributed by atoms with Crippen LogP contribution in [0.2, 0.25) is 0 Å². The molecule has 0 aliphatic heterocycles. The Morgan fingerprint density at radius 1 is 1.35 bits per heavy atom. The molecule has 0 saturated heterocycles. The number of furan rings is 1. The van der Waals surface area contributed by atoms with Crippen molar-refractivity contribution < 1.29 is 28.2 Å². The van der Waals surface area contributed by atoms with Crippen LogP contribution in [-0.2, 0) is 6.61 Å². The fourth-order valence-electron chi connectivity index (χ4n) is 1.51. The van der Waals surface area contributed by atoms with Gasteiger partial charge in [-0.25, -0.2) is 9.18 Å². The molecule has 0 fully saturated rings. The Morgan fingerprint density at radius 3 is 2.65 bits per heavy atom. The van der Waals surface area contributed by atoms with Gasteiger partial charge in [0.05, 0.1) is 11.1 Å². The molecule has 0 aliphatic carbocycles. The van der Waals surface area contributed by atoms with Crippen LogP contribution in [0.3, 0.4) is 0 Å². The molecule has 2 aromatic rings. The highest BCUT2D eigenvalue weighted by Crippen LogP contribution is 2.18. The van der Waals surface area contributed by atoms with Crippen molar-refractivity contribution in [1.29, 1.82) is 0 Å². The minimum atomic E-state index is -1.11. The second-order valence-corrected chi connectivity index (χ2v) is 3.90. The van der Waals surface area contributed by atoms with E-state index in [4.69, 9.17) is 20.0 Å². The summed E-state index contributed by atoms with van der Waals surface area (Å²) in [4.78, 5) is 21.5. The Morgan fingerprint density at radius 2 is 2.10 bits per heavy atom. The highest BCUT2D eigenvalue weighted by Gasteiger charge is 2.11. The van der Waals surface area contributed by atoms with E-state index >= 15 is 0 Å². The topological polar surface area (TPSA) is 103 Å². The van der Waals surface area contributed by atoms with Crippen LogP contribution < -0.4 is 10.5 Å². The molecule has 0 aliphatic rings. The number of aromatic carboxylic acids is 1. The zero-order valence-corrected chi connectivity index (χ0v) is 10.1. The molecule has 0 atom stereocenters. The molecule has 104 valence electrons. The van der Waals surface area contributed by atoms with Gasteiger partial charge in [-0.15, -0.1) is 0 Å². The Hall–Kier alpha value is -2.83. The van der Waals surface area contributed by atoms with Gasteiger partial charge in [0.1, 0.15) is 30.2 Å². The summed E-state index contributed by atoms with van der Waals surface area (Å²) in [5, 5.41) is 8.71. The summed E-state index contributed by atoms with van der Waals surface area (Å²) >= 11 is 0. The average Bonchev–Trinajstić information content (AvgIpc) is 2.85. The number of benzene rings is 1. The van der Waals surface area contributed by atoms with Crippen molar-refractivity contribution in [3.63, 3.8) is 0 Å². The maximum absolute atomic E-state index is 13.5. The maximum atomic E-state index is 13.5. The van der Waals surface area contributed by atoms with Crippen molar-refractivity contribution in [2.24, 2.45) is 5.73 Å². The van der Waals surface area contributed by atoms with Gasteiger partial charge in [0.25, 0.3) is 5.91 Å². The van der Waals surface area contributed by atoms with Crippen molar-refractivity contribution >= 4 is 11.9 Å². The van der Waals surface area contributed by atoms with E-state index < -0.39 is 17.7 Å². The van der Waals surface area contributed by atoms with Gasteiger partial charge in [-0.2, -0.15) is 0 Å². The molecule has 6 nitrogen and oxygen atoms in total. The summed E-state index contributed by atoms with van der Waals surface area (Å²) < 4.78 is 23.6. The number of halogens is 1. The van der Waals surface area contributed by atoms with E-state index in [0.717, 1.165) is 12.3 Å². The number of rotatable bonds is 5. The maximum Gasteiger partial charge on any atom is 0.338 e. The van der Waals surface area contributed by atoms with Crippen molar-refractivity contribution in [1.82, 2.24) is 0 Å². The van der Waals surface area contributed by atoms with E-state index in [1.807, 2.05) is 0 Å². The molecule has 0 radical (unpaired) electrons. The molecule has 2 rings (SSSR count). The first kappa shape index (κ1) is 13.6. The summed E-state index contributed by atoms with van der Waals surface area (Å²) in [6.45, 7) is -0.0668. The van der Waals surface area contributed by atoms with Crippen LogP contribution in [-0.4, -0.2) is 17.0 Å². The number of primary amides is 1. The van der Waals surface area contributed by atoms with Gasteiger partial charge in [-0.05, 0) is 18.2 Å². The first-order valence-electron chi connectivity index (χ1n) is 5.50. The molecule has 3 N–H and O–H groups in total. The molecule has 1 aromatic carbocycles. The van der Waals surface area contributed by atoms with Crippen molar-refractivity contribution in [3.8, 4) is 5.75 Å². The third kappa shape index (κ3) is 2.94. The molecule has 1 heterocycles. The Bertz CT molecular complexity index is 665. The molecular weight excluding hydrogens is 269 g/mol. The lowest BCUT2D eigenvalue weighted by molar-refractivity contribution is 0.0696. The molecule has 1 amide bonds. The number of amides is 1. The molecule has 0 spiro atoms. The highest BCUT2D eigenvalue weighted by atomic mass is 19.1. The van der Waals surface area contributed by atoms with Crippen molar-refractivity contribution in [2.75, 3.05) is 0 Å². The Balaban J connectivity index is 2.05. The van der Waals surface area contributed by atoms with Crippen LogP contribution >= 0.6 is 0 Å². The van der Waals surface area contributed by atoms with Gasteiger partial charge in [-0.3, -0.25) is 4.79 Å². The minimum absolute atomic E-state index is 0.00106. The van der Waals surface area contributed by atoms with Crippen LogP contribution in [0.4, 0.5) is 4.39 Å². The fraction of sp³-hybridized carbons (Fsp3) is 0.0769. The normalized spacial score (nSPS) is 10.2. The Labute approximate surface area is 112 Å². The molecule has 0 bridgehead atoms. The molecule has 7 heteroatoms. The van der Waals surface area contributed by atoms with Crippen LogP contribution in [0.25, 0.3) is 0 Å². The van der Waals surface area contributed by atoms with E-state index in [0.29, 0.717) is 0 Å². The third-order valence-corrected chi connectivity index (χ3v) is 2.49. The number of hydrogen-bond acceptors (Lipinski definition) is 4. The number of carbonyl (C=O) groups is 2. The smallest absolute Gasteiger partial charge is 0.338 e. The van der Waals surface area contributed by atoms with E-state index in [2.05, 4.69) is 0 Å². The van der Waals surface area contributed by atoms with Crippen molar-refractivity contribution in [2.45, 2.75) is 6.61 Å². The molecule has 20 heavy (non-hydrogen) atoms. The van der Waals surface area contributed by atoms with Gasteiger partial charge < -0.3 is 20.0 Å². The lowest BCUT2D eigenvalue weighted by atomic mass is 10.2. The summed E-state index contributed by atoms with van der Waals surface area (Å²) in [6, 6.07) is 4.90. The van der Waals surface area contributed by atoms with Crippen LogP contribution in [0.1, 0.15) is 26.5 Å². The van der Waals surface area contributed by atoms with Gasteiger partial charge in [0, 0.05) is 6.07 Å². The quantitative estimate of drug-likeness (QED) is 0.868. The number of carboxylic acid groups (broad SMARTS) is 1. The van der Waals surface area contributed by atoms with Crippen LogP contribution in [0.15, 0.2) is 34.9 Å². The largest absolute Gasteiger partial charge is 0.486 e. The summed E-state index contributed by atoms with van der Waals surface area (Å²) in [5.74, 6) is -2.33. The number of hydrogen-bond donors (Lipinski definition) is 2. The third-order valence-electron chi connectivity index (χ3n) is 2.49. The lowest BCUT2D eigenvalue weighted by Gasteiger charge is -2.05. The second-order valence-electron chi connectivity index (χ2n) is 3.90. The number of nitrogens with two attached hydrogens (primary N) is 1.